The maximum absolute atomic E-state index is 13.7. The van der Waals surface area contributed by atoms with Crippen LogP contribution in [0.15, 0.2) is 24.3 Å². The molecule has 2 aromatic rings. The molecule has 0 aliphatic heterocycles. The van der Waals surface area contributed by atoms with Gasteiger partial charge < -0.3 is 31.1 Å². The Morgan fingerprint density at radius 3 is 2.47 bits per heavy atom. The zero-order valence-electron chi connectivity index (χ0n) is 20.3. The molecule has 3 amide bonds. The molecule has 9 heteroatoms. The van der Waals surface area contributed by atoms with E-state index in [1.165, 1.54) is 0 Å². The van der Waals surface area contributed by atoms with E-state index < -0.39 is 29.6 Å². The molecule has 0 saturated heterocycles. The molecule has 1 aliphatic carbocycles. The summed E-state index contributed by atoms with van der Waals surface area (Å²) in [5.41, 5.74) is 1.69. The summed E-state index contributed by atoms with van der Waals surface area (Å²) in [6, 6.07) is 6.38. The lowest BCUT2D eigenvalue weighted by atomic mass is 9.78. The minimum atomic E-state index is -1.29. The zero-order valence-corrected chi connectivity index (χ0v) is 20.3. The van der Waals surface area contributed by atoms with E-state index in [4.69, 9.17) is 0 Å². The van der Waals surface area contributed by atoms with E-state index in [0.717, 1.165) is 22.2 Å². The van der Waals surface area contributed by atoms with Gasteiger partial charge in [0.25, 0.3) is 0 Å². The van der Waals surface area contributed by atoms with Gasteiger partial charge in [-0.25, -0.2) is 4.79 Å². The number of benzene rings is 1. The van der Waals surface area contributed by atoms with Gasteiger partial charge in [-0.05, 0) is 36.3 Å². The molecule has 1 heterocycles. The molecular weight excluding hydrogens is 436 g/mol. The lowest BCUT2D eigenvalue weighted by Gasteiger charge is -2.39. The fourth-order valence-electron chi connectivity index (χ4n) is 4.64. The second-order valence-electron chi connectivity index (χ2n) is 9.70. The smallest absolute Gasteiger partial charge is 0.405 e. The van der Waals surface area contributed by atoms with Crippen molar-refractivity contribution in [2.24, 2.45) is 11.8 Å². The number of aliphatic hydroxyl groups is 1. The lowest BCUT2D eigenvalue weighted by Crippen LogP contribution is -2.66. The largest absolute Gasteiger partial charge is 0.465 e. The Bertz CT molecular complexity index is 1050. The van der Waals surface area contributed by atoms with Gasteiger partial charge in [0.05, 0.1) is 12.6 Å². The van der Waals surface area contributed by atoms with Crippen molar-refractivity contribution in [3.63, 3.8) is 0 Å². The molecule has 1 aromatic heterocycles. The van der Waals surface area contributed by atoms with Crippen molar-refractivity contribution in [3.05, 3.63) is 35.5 Å². The number of hydrogen-bond acceptors (Lipinski definition) is 4. The number of aromatic nitrogens is 1. The molecular formula is C25H36N4O5. The van der Waals surface area contributed by atoms with Gasteiger partial charge in [-0.1, -0.05) is 52.3 Å². The number of aromatic amines is 1. The van der Waals surface area contributed by atoms with E-state index >= 15 is 0 Å². The van der Waals surface area contributed by atoms with Crippen LogP contribution in [0.2, 0.25) is 0 Å². The highest BCUT2D eigenvalue weighted by Crippen LogP contribution is 2.34. The number of hydrogen-bond donors (Lipinski definition) is 6. The first-order chi connectivity index (χ1) is 16.1. The summed E-state index contributed by atoms with van der Waals surface area (Å²) in [6.45, 7) is 7.26. The average Bonchev–Trinajstić information content (AvgIpc) is 3.17. The molecule has 9 nitrogen and oxygen atoms in total. The maximum Gasteiger partial charge on any atom is 0.405 e. The minimum absolute atomic E-state index is 0.00418. The number of aliphatic hydroxyl groups excluding tert-OH is 1. The predicted octanol–water partition coefficient (Wildman–Crippen LogP) is 2.33. The van der Waals surface area contributed by atoms with Crippen LogP contribution in [-0.2, 0) is 22.4 Å². The molecule has 1 aliphatic rings. The third-order valence-corrected chi connectivity index (χ3v) is 7.07. The standard InChI is InChI=1S/C25H36N4O5/c1-5-15(4)21(28-24(33)34)22(31)29-25(23(32)27-20(13-30)14(2)3)11-10-19-17(12-25)16-8-6-7-9-18(16)26-19/h6-9,14-15,20-21,26,28,30H,5,10-13H2,1-4H3,(H,27,32)(H,29,31)(H,33,34)/t15-,20+,21-,25-/m0/s1. The number of carbonyl (C=O) groups is 3. The molecule has 0 spiro atoms. The van der Waals surface area contributed by atoms with Gasteiger partial charge in [-0.2, -0.15) is 0 Å². The van der Waals surface area contributed by atoms with Crippen molar-refractivity contribution in [2.45, 2.75) is 71.0 Å². The van der Waals surface area contributed by atoms with Crippen LogP contribution in [0.25, 0.3) is 10.9 Å². The number of nitrogens with one attached hydrogen (secondary N) is 4. The third-order valence-electron chi connectivity index (χ3n) is 7.07. The Morgan fingerprint density at radius 2 is 1.85 bits per heavy atom. The van der Waals surface area contributed by atoms with E-state index in [-0.39, 0.29) is 30.8 Å². The van der Waals surface area contributed by atoms with Crippen LogP contribution in [0.4, 0.5) is 4.79 Å². The van der Waals surface area contributed by atoms with Crippen LogP contribution in [0, 0.1) is 11.8 Å². The van der Waals surface area contributed by atoms with Crippen molar-refractivity contribution >= 4 is 28.8 Å². The minimum Gasteiger partial charge on any atom is -0.465 e. The van der Waals surface area contributed by atoms with Gasteiger partial charge in [0.2, 0.25) is 11.8 Å². The van der Waals surface area contributed by atoms with Gasteiger partial charge in [0, 0.05) is 23.0 Å². The van der Waals surface area contributed by atoms with E-state index in [1.807, 2.05) is 45.0 Å². The SMILES string of the molecule is CC[C@H](C)[C@H](NC(=O)O)C(=O)N[C@@]1(C(=O)N[C@H](CO)C(C)C)CCc2[nH]c3ccccc3c2C1. The van der Waals surface area contributed by atoms with Crippen molar-refractivity contribution in [3.8, 4) is 0 Å². The van der Waals surface area contributed by atoms with Crippen molar-refractivity contribution in [2.75, 3.05) is 6.61 Å². The Balaban J connectivity index is 1.99. The first-order valence-corrected chi connectivity index (χ1v) is 11.9. The summed E-state index contributed by atoms with van der Waals surface area (Å²) in [5.74, 6) is -1.16. The normalized spacial score (nSPS) is 20.3. The second kappa shape index (κ2) is 10.5. The molecule has 186 valence electrons. The summed E-state index contributed by atoms with van der Waals surface area (Å²) < 4.78 is 0. The number of H-pyrrole nitrogens is 1. The summed E-state index contributed by atoms with van der Waals surface area (Å²) >= 11 is 0. The molecule has 0 fully saturated rings. The fraction of sp³-hybridized carbons (Fsp3) is 0.560. The number of para-hydroxylation sites is 1. The zero-order chi connectivity index (χ0) is 25.0. The fourth-order valence-corrected chi connectivity index (χ4v) is 4.64. The highest BCUT2D eigenvalue weighted by atomic mass is 16.4. The molecule has 0 saturated carbocycles. The van der Waals surface area contributed by atoms with Gasteiger partial charge in [-0.15, -0.1) is 0 Å². The van der Waals surface area contributed by atoms with E-state index in [2.05, 4.69) is 20.9 Å². The number of amides is 3. The number of carbonyl (C=O) groups excluding carboxylic acids is 2. The Hall–Kier alpha value is -3.07. The van der Waals surface area contributed by atoms with Crippen LogP contribution < -0.4 is 16.0 Å². The van der Waals surface area contributed by atoms with Crippen molar-refractivity contribution < 1.29 is 24.6 Å². The monoisotopic (exact) mass is 472 g/mol. The van der Waals surface area contributed by atoms with E-state index in [9.17, 15) is 24.6 Å². The molecule has 34 heavy (non-hydrogen) atoms. The molecule has 6 N–H and O–H groups in total. The summed E-state index contributed by atoms with van der Waals surface area (Å²) in [5, 5.41) is 28.3. The third kappa shape index (κ3) is 5.19. The highest BCUT2D eigenvalue weighted by molar-refractivity contribution is 5.96. The highest BCUT2D eigenvalue weighted by Gasteiger charge is 2.46. The predicted molar refractivity (Wildman–Crippen MR) is 129 cm³/mol. The second-order valence-corrected chi connectivity index (χ2v) is 9.70. The van der Waals surface area contributed by atoms with Crippen molar-refractivity contribution in [1.29, 1.82) is 0 Å². The number of rotatable bonds is 9. The summed E-state index contributed by atoms with van der Waals surface area (Å²) in [6.07, 6.45) is 0.455. The summed E-state index contributed by atoms with van der Waals surface area (Å²) in [7, 11) is 0. The molecule has 0 unspecified atom stereocenters. The molecule has 3 rings (SSSR count). The van der Waals surface area contributed by atoms with Crippen LogP contribution in [-0.4, -0.2) is 57.3 Å². The van der Waals surface area contributed by atoms with E-state index in [0.29, 0.717) is 19.3 Å². The van der Waals surface area contributed by atoms with Gasteiger partial charge >= 0.3 is 6.09 Å². The number of fused-ring (bicyclic) bond motifs is 3. The Kier molecular flexibility index (Phi) is 7.86. The molecule has 0 radical (unpaired) electrons. The van der Waals surface area contributed by atoms with Crippen LogP contribution >= 0.6 is 0 Å². The van der Waals surface area contributed by atoms with Crippen LogP contribution in [0.3, 0.4) is 0 Å². The van der Waals surface area contributed by atoms with Crippen LogP contribution in [0.1, 0.15) is 51.8 Å². The quantitative estimate of drug-likeness (QED) is 0.332. The number of aryl methyl sites for hydroxylation is 1. The van der Waals surface area contributed by atoms with Gasteiger partial charge in [0.1, 0.15) is 11.6 Å². The lowest BCUT2D eigenvalue weighted by molar-refractivity contribution is -0.136. The topological polar surface area (TPSA) is 144 Å². The summed E-state index contributed by atoms with van der Waals surface area (Å²) in [4.78, 5) is 41.9. The first kappa shape index (κ1) is 25.6. The Morgan fingerprint density at radius 1 is 1.15 bits per heavy atom. The molecule has 4 atom stereocenters. The maximum atomic E-state index is 13.7. The van der Waals surface area contributed by atoms with E-state index in [1.54, 1.807) is 6.92 Å². The average molecular weight is 473 g/mol. The number of carboxylic acid groups (broad SMARTS) is 1. The Labute approximate surface area is 199 Å². The molecule has 1 aromatic carbocycles. The van der Waals surface area contributed by atoms with Crippen molar-refractivity contribution in [1.82, 2.24) is 20.9 Å². The van der Waals surface area contributed by atoms with Crippen LogP contribution in [0.5, 0.6) is 0 Å². The van der Waals surface area contributed by atoms with Gasteiger partial charge in [0.15, 0.2) is 0 Å². The van der Waals surface area contributed by atoms with Gasteiger partial charge in [-0.3, -0.25) is 9.59 Å². The first-order valence-electron chi connectivity index (χ1n) is 11.9. The molecule has 0 bridgehead atoms.